The van der Waals surface area contributed by atoms with Crippen molar-refractivity contribution in [2.45, 2.75) is 0 Å². The summed E-state index contributed by atoms with van der Waals surface area (Å²) in [5.74, 6) is 0.617. The maximum Gasteiger partial charge on any atom is 0.160 e. The molecule has 0 unspecified atom stereocenters. The first-order valence-electron chi connectivity index (χ1n) is 17.1. The van der Waals surface area contributed by atoms with E-state index < -0.39 is 0 Å². The third-order valence-corrected chi connectivity index (χ3v) is 10.0. The van der Waals surface area contributed by atoms with Crippen LogP contribution >= 0.6 is 0 Å². The van der Waals surface area contributed by atoms with Crippen molar-refractivity contribution in [3.05, 3.63) is 164 Å². The third-order valence-electron chi connectivity index (χ3n) is 10.0. The molecule has 0 saturated heterocycles. The maximum absolute atomic E-state index is 6.51. The number of benzene rings is 7. The molecule has 51 heavy (non-hydrogen) atoms. The fourth-order valence-corrected chi connectivity index (χ4v) is 7.73. The molecule has 5 heteroatoms. The van der Waals surface area contributed by atoms with Crippen LogP contribution < -0.4 is 0 Å². The Morgan fingerprint density at radius 2 is 0.863 bits per heavy atom. The van der Waals surface area contributed by atoms with Gasteiger partial charge in [-0.3, -0.25) is 0 Å². The molecule has 5 nitrogen and oxygen atoms in total. The van der Waals surface area contributed by atoms with E-state index in [1.165, 1.54) is 10.8 Å². The van der Waals surface area contributed by atoms with Crippen LogP contribution in [0, 0.1) is 0 Å². The third kappa shape index (κ3) is 4.22. The molecule has 0 N–H and O–H groups in total. The van der Waals surface area contributed by atoms with Crippen LogP contribution in [0.15, 0.2) is 173 Å². The number of fused-ring (bicyclic) bond motifs is 9. The Hall–Kier alpha value is -6.98. The van der Waals surface area contributed by atoms with E-state index in [1.807, 2.05) is 36.4 Å². The number of para-hydroxylation sites is 6. The zero-order valence-corrected chi connectivity index (χ0v) is 27.2. The van der Waals surface area contributed by atoms with E-state index in [9.17, 15) is 0 Å². The van der Waals surface area contributed by atoms with Crippen molar-refractivity contribution >= 4 is 65.7 Å². The van der Waals surface area contributed by atoms with E-state index in [0.717, 1.165) is 88.7 Å². The summed E-state index contributed by atoms with van der Waals surface area (Å²) in [4.78, 5) is 10.6. The molecule has 0 amide bonds. The van der Waals surface area contributed by atoms with Gasteiger partial charge in [0.1, 0.15) is 22.3 Å². The van der Waals surface area contributed by atoms with Gasteiger partial charge in [-0.15, -0.1) is 0 Å². The smallest absolute Gasteiger partial charge is 0.160 e. The number of hydrogen-bond acceptors (Lipinski definition) is 4. The van der Waals surface area contributed by atoms with E-state index in [0.29, 0.717) is 5.82 Å². The molecule has 0 saturated carbocycles. The van der Waals surface area contributed by atoms with Crippen LogP contribution in [0.4, 0.5) is 0 Å². The van der Waals surface area contributed by atoms with Gasteiger partial charge >= 0.3 is 0 Å². The Morgan fingerprint density at radius 1 is 0.392 bits per heavy atom. The van der Waals surface area contributed by atoms with Gasteiger partial charge in [-0.1, -0.05) is 109 Å². The quantitative estimate of drug-likeness (QED) is 0.190. The lowest BCUT2D eigenvalue weighted by molar-refractivity contribution is 0.669. The average Bonchev–Trinajstić information content (AvgIpc) is 3.87. The first-order chi connectivity index (χ1) is 25.3. The Kier molecular flexibility index (Phi) is 5.89. The maximum atomic E-state index is 6.51. The minimum atomic E-state index is 0.617. The monoisotopic (exact) mass is 653 g/mol. The van der Waals surface area contributed by atoms with Crippen LogP contribution in [0.25, 0.3) is 105 Å². The molecule has 11 aromatic rings. The first-order valence-corrected chi connectivity index (χ1v) is 17.1. The van der Waals surface area contributed by atoms with Gasteiger partial charge in [0.25, 0.3) is 0 Å². The SMILES string of the molecule is c1cc(-c2nc(-c3cccc4c3oc3ccccc34)cc(-c3cccc4c3oc3ccccc34)n2)cc(-n2c3ccccc3c3ccccc32)c1. The minimum Gasteiger partial charge on any atom is -0.455 e. The highest BCUT2D eigenvalue weighted by Gasteiger charge is 2.20. The largest absolute Gasteiger partial charge is 0.455 e. The highest BCUT2D eigenvalue weighted by Crippen LogP contribution is 2.40. The van der Waals surface area contributed by atoms with Crippen LogP contribution in [0.2, 0.25) is 0 Å². The lowest BCUT2D eigenvalue weighted by atomic mass is 10.0. The summed E-state index contributed by atoms with van der Waals surface area (Å²) in [7, 11) is 0. The Morgan fingerprint density at radius 3 is 1.43 bits per heavy atom. The van der Waals surface area contributed by atoms with Crippen molar-refractivity contribution in [3.63, 3.8) is 0 Å². The van der Waals surface area contributed by atoms with Gasteiger partial charge in [0.15, 0.2) is 5.82 Å². The van der Waals surface area contributed by atoms with E-state index in [1.54, 1.807) is 0 Å². The molecule has 238 valence electrons. The second-order valence-electron chi connectivity index (χ2n) is 12.9. The van der Waals surface area contributed by atoms with Crippen LogP contribution in [0.5, 0.6) is 0 Å². The molecule has 0 radical (unpaired) electrons. The second-order valence-corrected chi connectivity index (χ2v) is 12.9. The molecule has 0 atom stereocenters. The molecule has 4 heterocycles. The van der Waals surface area contributed by atoms with Crippen molar-refractivity contribution in [2.24, 2.45) is 0 Å². The van der Waals surface area contributed by atoms with E-state index in [4.69, 9.17) is 18.8 Å². The molecular weight excluding hydrogens is 627 g/mol. The second kappa shape index (κ2) is 10.8. The molecule has 0 bridgehead atoms. The summed E-state index contributed by atoms with van der Waals surface area (Å²) >= 11 is 0. The van der Waals surface area contributed by atoms with Crippen LogP contribution in [-0.2, 0) is 0 Å². The highest BCUT2D eigenvalue weighted by molar-refractivity contribution is 6.11. The summed E-state index contributed by atoms with van der Waals surface area (Å²) in [6.45, 7) is 0. The fraction of sp³-hybridized carbons (Fsp3) is 0. The molecule has 0 aliphatic heterocycles. The Labute approximate surface area is 291 Å². The standard InChI is InChI=1S/C46H27N3O2/c1-5-22-40-30(14-1)31-15-2-6-23-41(31)49(40)29-13-9-12-28(26-29)46-47-38(36-20-10-18-34-32-16-3-7-24-42(32)50-44(34)36)27-39(48-46)37-21-11-19-35-33-17-4-8-25-43(33)51-45(35)37/h1-27H. The molecule has 7 aromatic carbocycles. The van der Waals surface area contributed by atoms with Crippen molar-refractivity contribution in [2.75, 3.05) is 0 Å². The van der Waals surface area contributed by atoms with E-state index in [-0.39, 0.29) is 0 Å². The van der Waals surface area contributed by atoms with Crippen molar-refractivity contribution < 1.29 is 8.83 Å². The van der Waals surface area contributed by atoms with Gasteiger partial charge < -0.3 is 13.4 Å². The number of aromatic nitrogens is 3. The number of hydrogen-bond donors (Lipinski definition) is 0. The lowest BCUT2D eigenvalue weighted by Gasteiger charge is -2.12. The predicted molar refractivity (Wildman–Crippen MR) is 207 cm³/mol. The predicted octanol–water partition coefficient (Wildman–Crippen LogP) is 12.4. The number of furan rings is 2. The average molecular weight is 654 g/mol. The van der Waals surface area contributed by atoms with Gasteiger partial charge in [-0.2, -0.15) is 0 Å². The molecule has 0 aliphatic carbocycles. The summed E-state index contributed by atoms with van der Waals surface area (Å²) in [6, 6.07) is 56.5. The first kappa shape index (κ1) is 27.9. The van der Waals surface area contributed by atoms with Crippen LogP contribution in [0.1, 0.15) is 0 Å². The van der Waals surface area contributed by atoms with Crippen molar-refractivity contribution in [3.8, 4) is 39.6 Å². The van der Waals surface area contributed by atoms with Crippen molar-refractivity contribution in [1.82, 2.24) is 14.5 Å². The van der Waals surface area contributed by atoms with Crippen molar-refractivity contribution in [1.29, 1.82) is 0 Å². The fourth-order valence-electron chi connectivity index (χ4n) is 7.73. The number of rotatable bonds is 4. The highest BCUT2D eigenvalue weighted by atomic mass is 16.3. The Bertz CT molecular complexity index is 2980. The van der Waals surface area contributed by atoms with Gasteiger partial charge in [-0.05, 0) is 54.6 Å². The van der Waals surface area contributed by atoms with Gasteiger partial charge in [0.2, 0.25) is 0 Å². The van der Waals surface area contributed by atoms with E-state index >= 15 is 0 Å². The molecule has 11 rings (SSSR count). The molecule has 0 spiro atoms. The zero-order chi connectivity index (χ0) is 33.5. The van der Waals surface area contributed by atoms with E-state index in [2.05, 4.69) is 132 Å². The Balaban J connectivity index is 1.17. The molecular formula is C46H27N3O2. The summed E-state index contributed by atoms with van der Waals surface area (Å²) in [5, 5.41) is 6.70. The topological polar surface area (TPSA) is 57.0 Å². The lowest BCUT2D eigenvalue weighted by Crippen LogP contribution is -1.98. The minimum absolute atomic E-state index is 0.617. The zero-order valence-electron chi connectivity index (χ0n) is 27.2. The van der Waals surface area contributed by atoms with Gasteiger partial charge in [-0.25, -0.2) is 9.97 Å². The summed E-state index contributed by atoms with van der Waals surface area (Å²) < 4.78 is 15.3. The van der Waals surface area contributed by atoms with Gasteiger partial charge in [0, 0.05) is 54.7 Å². The molecule has 0 fully saturated rings. The summed E-state index contributed by atoms with van der Waals surface area (Å²) in [6.07, 6.45) is 0. The van der Waals surface area contributed by atoms with Crippen LogP contribution in [-0.4, -0.2) is 14.5 Å². The summed E-state index contributed by atoms with van der Waals surface area (Å²) in [5.41, 5.74) is 10.9. The van der Waals surface area contributed by atoms with Gasteiger partial charge in [0.05, 0.1) is 22.4 Å². The van der Waals surface area contributed by atoms with Crippen LogP contribution in [0.3, 0.4) is 0 Å². The molecule has 0 aliphatic rings. The molecule has 4 aromatic heterocycles. The normalized spacial score (nSPS) is 11.9. The number of nitrogens with zero attached hydrogens (tertiary/aromatic N) is 3.